The molecule has 0 fully saturated rings. The van der Waals surface area contributed by atoms with Crippen LogP contribution in [0, 0.1) is 0 Å². The topological polar surface area (TPSA) is 83.6 Å². The summed E-state index contributed by atoms with van der Waals surface area (Å²) in [6, 6.07) is 16.1. The molecular weight excluding hydrogens is 326 g/mol. The van der Waals surface area contributed by atoms with Crippen LogP contribution in [0.4, 0.5) is 5.69 Å². The number of benzene rings is 2. The normalized spacial score (nSPS) is 11.9. The number of hydrogen-bond donors (Lipinski definition) is 2. The fourth-order valence-electron chi connectivity index (χ4n) is 2.94. The Kier molecular flexibility index (Phi) is 5.73. The highest BCUT2D eigenvalue weighted by atomic mass is 16.1. The molecule has 0 aliphatic rings. The van der Waals surface area contributed by atoms with Crippen LogP contribution in [0.3, 0.4) is 0 Å². The van der Waals surface area contributed by atoms with Gasteiger partial charge in [-0.1, -0.05) is 61.5 Å². The van der Waals surface area contributed by atoms with Gasteiger partial charge in [0.05, 0.1) is 0 Å². The predicted molar refractivity (Wildman–Crippen MR) is 101 cm³/mol. The van der Waals surface area contributed by atoms with Gasteiger partial charge in [-0.3, -0.25) is 4.79 Å². The lowest BCUT2D eigenvalue weighted by atomic mass is 9.96. The van der Waals surface area contributed by atoms with Gasteiger partial charge in [-0.15, -0.1) is 10.2 Å². The molecule has 1 atom stereocenters. The molecule has 2 N–H and O–H groups in total. The number of tetrazole rings is 1. The van der Waals surface area contributed by atoms with Gasteiger partial charge in [0.25, 0.3) is 0 Å². The summed E-state index contributed by atoms with van der Waals surface area (Å²) in [5, 5.41) is 17.2. The van der Waals surface area contributed by atoms with Gasteiger partial charge in [0.15, 0.2) is 5.82 Å². The highest BCUT2D eigenvalue weighted by molar-refractivity contribution is 5.96. The lowest BCUT2D eigenvalue weighted by Gasteiger charge is -2.16. The number of aromatic nitrogens is 4. The third-order valence-corrected chi connectivity index (χ3v) is 4.52. The molecule has 6 nitrogen and oxygen atoms in total. The predicted octanol–water partition coefficient (Wildman–Crippen LogP) is 3.29. The number of aryl methyl sites for hydroxylation is 2. The lowest BCUT2D eigenvalue weighted by molar-refractivity contribution is -0.117. The van der Waals surface area contributed by atoms with E-state index >= 15 is 0 Å². The minimum Gasteiger partial charge on any atom is -0.325 e. The number of para-hydroxylation sites is 1. The first-order chi connectivity index (χ1) is 12.7. The zero-order valence-electron chi connectivity index (χ0n) is 15.1. The minimum absolute atomic E-state index is 0.133. The molecule has 0 saturated carbocycles. The van der Waals surface area contributed by atoms with E-state index in [0.29, 0.717) is 12.2 Å². The third kappa shape index (κ3) is 4.14. The Morgan fingerprint density at radius 1 is 1.04 bits per heavy atom. The second-order valence-electron chi connectivity index (χ2n) is 6.20. The van der Waals surface area contributed by atoms with Gasteiger partial charge in [-0.05, 0) is 42.0 Å². The van der Waals surface area contributed by atoms with E-state index in [1.807, 2.05) is 24.3 Å². The summed E-state index contributed by atoms with van der Waals surface area (Å²) >= 11 is 0. The number of nitrogens with one attached hydrogen (secondary N) is 2. The number of nitrogens with zero attached hydrogens (tertiary/aromatic N) is 3. The number of aromatic amines is 1. The van der Waals surface area contributed by atoms with Crippen molar-refractivity contribution in [1.29, 1.82) is 0 Å². The Bertz CT molecular complexity index is 843. The maximum absolute atomic E-state index is 13.0. The molecule has 0 aliphatic heterocycles. The molecule has 6 heteroatoms. The molecule has 0 spiro atoms. The number of H-pyrrole nitrogens is 1. The second kappa shape index (κ2) is 8.38. The molecule has 0 aliphatic carbocycles. The van der Waals surface area contributed by atoms with E-state index in [1.165, 1.54) is 5.56 Å². The first kappa shape index (κ1) is 17.8. The molecule has 3 rings (SSSR count). The van der Waals surface area contributed by atoms with Gasteiger partial charge in [0.1, 0.15) is 5.92 Å². The van der Waals surface area contributed by atoms with Gasteiger partial charge < -0.3 is 5.32 Å². The number of carbonyl (C=O) groups excluding carboxylic acids is 1. The van der Waals surface area contributed by atoms with Crippen LogP contribution in [0.2, 0.25) is 0 Å². The Hall–Kier alpha value is -3.02. The van der Waals surface area contributed by atoms with Crippen LogP contribution >= 0.6 is 0 Å². The molecule has 1 heterocycles. The summed E-state index contributed by atoms with van der Waals surface area (Å²) in [6.45, 7) is 4.19. The van der Waals surface area contributed by atoms with E-state index in [2.05, 4.69) is 64.1 Å². The fraction of sp³-hybridized carbons (Fsp3) is 0.300. The summed E-state index contributed by atoms with van der Waals surface area (Å²) < 4.78 is 0. The number of hydrogen-bond acceptors (Lipinski definition) is 4. The monoisotopic (exact) mass is 349 g/mol. The Labute approximate surface area is 153 Å². The maximum Gasteiger partial charge on any atom is 0.235 e. The standard InChI is InChI=1S/C20H23N5O/c1-3-14-9-11-15(12-10-14)13-17(19-22-24-25-23-19)20(26)21-18-8-6-5-7-16(18)4-2/h5-12,17H,3-4,13H2,1-2H3,(H,21,26)(H,22,23,24,25). The SMILES string of the molecule is CCc1ccc(CC(C(=O)Nc2ccccc2CC)c2nn[nH]n2)cc1. The Morgan fingerprint density at radius 3 is 2.42 bits per heavy atom. The second-order valence-corrected chi connectivity index (χ2v) is 6.20. The molecule has 1 amide bonds. The van der Waals surface area contributed by atoms with E-state index in [1.54, 1.807) is 0 Å². The van der Waals surface area contributed by atoms with Crippen LogP contribution in [0.1, 0.15) is 42.3 Å². The van der Waals surface area contributed by atoms with E-state index in [-0.39, 0.29) is 5.91 Å². The molecular formula is C20H23N5O. The summed E-state index contributed by atoms with van der Waals surface area (Å²) in [7, 11) is 0. The van der Waals surface area contributed by atoms with E-state index in [0.717, 1.165) is 29.7 Å². The average Bonchev–Trinajstić information content (AvgIpc) is 3.21. The largest absolute Gasteiger partial charge is 0.325 e. The van der Waals surface area contributed by atoms with Crippen molar-refractivity contribution in [1.82, 2.24) is 20.6 Å². The van der Waals surface area contributed by atoms with E-state index in [4.69, 9.17) is 0 Å². The fourth-order valence-corrected chi connectivity index (χ4v) is 2.94. The van der Waals surface area contributed by atoms with Crippen LogP contribution in [0.15, 0.2) is 48.5 Å². The zero-order valence-corrected chi connectivity index (χ0v) is 15.1. The lowest BCUT2D eigenvalue weighted by Crippen LogP contribution is -2.24. The van der Waals surface area contributed by atoms with Crippen LogP contribution in [0.25, 0.3) is 0 Å². The van der Waals surface area contributed by atoms with Gasteiger partial charge in [0.2, 0.25) is 5.91 Å². The van der Waals surface area contributed by atoms with Crippen LogP contribution < -0.4 is 5.32 Å². The summed E-state index contributed by atoms with van der Waals surface area (Å²) in [5.74, 6) is -0.242. The highest BCUT2D eigenvalue weighted by Gasteiger charge is 2.25. The summed E-state index contributed by atoms with van der Waals surface area (Å²) in [6.07, 6.45) is 2.36. The summed E-state index contributed by atoms with van der Waals surface area (Å²) in [5.41, 5.74) is 4.26. The van der Waals surface area contributed by atoms with E-state index in [9.17, 15) is 4.79 Å². The molecule has 0 bridgehead atoms. The molecule has 2 aromatic carbocycles. The van der Waals surface area contributed by atoms with Crippen molar-refractivity contribution in [3.05, 3.63) is 71.0 Å². The molecule has 1 unspecified atom stereocenters. The smallest absolute Gasteiger partial charge is 0.235 e. The van der Waals surface area contributed by atoms with Crippen molar-refractivity contribution in [3.8, 4) is 0 Å². The average molecular weight is 349 g/mol. The van der Waals surface area contributed by atoms with Crippen LogP contribution in [-0.2, 0) is 24.1 Å². The summed E-state index contributed by atoms with van der Waals surface area (Å²) in [4.78, 5) is 13.0. The quantitative estimate of drug-likeness (QED) is 0.685. The minimum atomic E-state index is -0.508. The molecule has 0 saturated heterocycles. The highest BCUT2D eigenvalue weighted by Crippen LogP contribution is 2.22. The van der Waals surface area contributed by atoms with Crippen molar-refractivity contribution in [3.63, 3.8) is 0 Å². The third-order valence-electron chi connectivity index (χ3n) is 4.52. The number of carbonyl (C=O) groups is 1. The van der Waals surface area contributed by atoms with Crippen molar-refractivity contribution >= 4 is 11.6 Å². The van der Waals surface area contributed by atoms with E-state index < -0.39 is 5.92 Å². The van der Waals surface area contributed by atoms with Gasteiger partial charge in [0, 0.05) is 5.69 Å². The van der Waals surface area contributed by atoms with Gasteiger partial charge >= 0.3 is 0 Å². The molecule has 134 valence electrons. The van der Waals surface area contributed by atoms with Gasteiger partial charge in [-0.25, -0.2) is 0 Å². The zero-order chi connectivity index (χ0) is 18.4. The molecule has 26 heavy (non-hydrogen) atoms. The molecule has 1 aromatic heterocycles. The molecule has 3 aromatic rings. The van der Waals surface area contributed by atoms with Crippen LogP contribution in [0.5, 0.6) is 0 Å². The maximum atomic E-state index is 13.0. The van der Waals surface area contributed by atoms with Crippen LogP contribution in [-0.4, -0.2) is 26.5 Å². The van der Waals surface area contributed by atoms with Crippen molar-refractivity contribution in [2.24, 2.45) is 0 Å². The number of rotatable bonds is 7. The van der Waals surface area contributed by atoms with Gasteiger partial charge in [-0.2, -0.15) is 5.21 Å². The van der Waals surface area contributed by atoms with Crippen molar-refractivity contribution in [2.75, 3.05) is 5.32 Å². The first-order valence-corrected chi connectivity index (χ1v) is 8.91. The van der Waals surface area contributed by atoms with Crippen molar-refractivity contribution < 1.29 is 4.79 Å². The Morgan fingerprint density at radius 2 is 1.77 bits per heavy atom. The molecule has 0 radical (unpaired) electrons. The number of anilines is 1. The first-order valence-electron chi connectivity index (χ1n) is 8.91. The van der Waals surface area contributed by atoms with Crippen molar-refractivity contribution in [2.45, 2.75) is 39.0 Å². The Balaban J connectivity index is 1.82. The number of amides is 1.